The first kappa shape index (κ1) is 19.5. The summed E-state index contributed by atoms with van der Waals surface area (Å²) in [5.41, 5.74) is 0.281. The average Bonchev–Trinajstić information content (AvgIpc) is 3.06. The number of H-pyrrole nitrogens is 1. The average molecular weight is 425 g/mol. The summed E-state index contributed by atoms with van der Waals surface area (Å²) in [4.78, 5) is 41.2. The number of aryl methyl sites for hydroxylation is 1. The first-order valence-electron chi connectivity index (χ1n) is 8.94. The topological polar surface area (TPSA) is 98.1 Å². The highest BCUT2D eigenvalue weighted by Crippen LogP contribution is 2.19. The fraction of sp³-hybridized carbons (Fsp3) is 0.0952. The molecule has 4 rings (SSSR count). The molecule has 2 heterocycles. The number of fused-ring (bicyclic) bond motifs is 1. The second-order valence-electron chi connectivity index (χ2n) is 6.61. The molecular formula is C21H17ClN4O4. The highest BCUT2D eigenvalue weighted by atomic mass is 35.5. The molecule has 2 aromatic heterocycles. The van der Waals surface area contributed by atoms with Crippen LogP contribution < -0.4 is 21.3 Å². The Bertz CT molecular complexity index is 1370. The number of methoxy groups -OCH3 is 1. The largest absolute Gasteiger partial charge is 0.497 e. The second kappa shape index (κ2) is 7.57. The van der Waals surface area contributed by atoms with Gasteiger partial charge in [-0.25, -0.2) is 9.36 Å². The maximum absolute atomic E-state index is 13.1. The van der Waals surface area contributed by atoms with E-state index in [9.17, 15) is 14.4 Å². The summed E-state index contributed by atoms with van der Waals surface area (Å²) in [5.74, 6) is 0.204. The predicted octanol–water partition coefficient (Wildman–Crippen LogP) is 2.93. The molecule has 1 amide bonds. The Kier molecular flexibility index (Phi) is 4.93. The molecule has 0 radical (unpaired) electrons. The molecule has 0 bridgehead atoms. The number of nitrogens with zero attached hydrogens (tertiary/aromatic N) is 2. The number of nitrogens with one attached hydrogen (secondary N) is 2. The number of aromatic nitrogens is 3. The number of hydrogen-bond donors (Lipinski definition) is 2. The van der Waals surface area contributed by atoms with Crippen LogP contribution in [-0.4, -0.2) is 27.1 Å². The normalized spacial score (nSPS) is 10.9. The van der Waals surface area contributed by atoms with E-state index in [1.54, 1.807) is 62.7 Å². The molecule has 9 heteroatoms. The highest BCUT2D eigenvalue weighted by molar-refractivity contribution is 6.30. The third-order valence-electron chi connectivity index (χ3n) is 4.70. The van der Waals surface area contributed by atoms with E-state index in [-0.39, 0.29) is 16.6 Å². The number of amides is 1. The molecule has 0 aliphatic carbocycles. The molecule has 4 aromatic rings. The lowest BCUT2D eigenvalue weighted by molar-refractivity contribution is 0.102. The summed E-state index contributed by atoms with van der Waals surface area (Å²) >= 11 is 5.89. The minimum atomic E-state index is -0.653. The molecule has 2 aromatic carbocycles. The Morgan fingerprint density at radius 3 is 2.37 bits per heavy atom. The van der Waals surface area contributed by atoms with E-state index in [2.05, 4.69) is 10.3 Å². The lowest BCUT2D eigenvalue weighted by atomic mass is 10.2. The van der Waals surface area contributed by atoms with Crippen LogP contribution in [0.1, 0.15) is 10.4 Å². The zero-order valence-electron chi connectivity index (χ0n) is 16.1. The van der Waals surface area contributed by atoms with Crippen LogP contribution in [0.4, 0.5) is 5.69 Å². The van der Waals surface area contributed by atoms with Crippen molar-refractivity contribution in [3.05, 3.63) is 86.2 Å². The molecule has 8 nitrogen and oxygen atoms in total. The van der Waals surface area contributed by atoms with Gasteiger partial charge in [0.2, 0.25) is 0 Å². The molecule has 0 unspecified atom stereocenters. The maximum Gasteiger partial charge on any atom is 0.333 e. The number of ether oxygens (including phenoxy) is 1. The third kappa shape index (κ3) is 3.37. The Labute approximate surface area is 175 Å². The van der Waals surface area contributed by atoms with Gasteiger partial charge in [-0.3, -0.25) is 9.59 Å². The molecule has 0 aliphatic rings. The van der Waals surface area contributed by atoms with E-state index in [1.807, 2.05) is 0 Å². The van der Waals surface area contributed by atoms with Crippen LogP contribution in [0.25, 0.3) is 16.7 Å². The van der Waals surface area contributed by atoms with E-state index in [4.69, 9.17) is 16.3 Å². The molecule has 0 atom stereocenters. The van der Waals surface area contributed by atoms with E-state index in [0.29, 0.717) is 22.1 Å². The summed E-state index contributed by atoms with van der Waals surface area (Å²) in [5, 5.41) is 3.24. The van der Waals surface area contributed by atoms with Gasteiger partial charge in [0.1, 0.15) is 11.3 Å². The van der Waals surface area contributed by atoms with Crippen molar-refractivity contribution in [1.82, 2.24) is 14.1 Å². The van der Waals surface area contributed by atoms with E-state index >= 15 is 0 Å². The molecule has 0 fully saturated rings. The number of carbonyl (C=O) groups excluding carboxylic acids is 1. The fourth-order valence-corrected chi connectivity index (χ4v) is 3.37. The van der Waals surface area contributed by atoms with Gasteiger partial charge in [0.25, 0.3) is 11.5 Å². The summed E-state index contributed by atoms with van der Waals surface area (Å²) in [6, 6.07) is 13.1. The van der Waals surface area contributed by atoms with Crippen molar-refractivity contribution in [2.24, 2.45) is 7.05 Å². The van der Waals surface area contributed by atoms with Crippen molar-refractivity contribution in [3.8, 4) is 11.4 Å². The van der Waals surface area contributed by atoms with E-state index < -0.39 is 17.2 Å². The summed E-state index contributed by atoms with van der Waals surface area (Å²) in [6.07, 6.45) is 1.51. The van der Waals surface area contributed by atoms with Gasteiger partial charge < -0.3 is 19.6 Å². The maximum atomic E-state index is 13.1. The van der Waals surface area contributed by atoms with Gasteiger partial charge in [-0.2, -0.15) is 0 Å². The zero-order valence-corrected chi connectivity index (χ0v) is 16.9. The summed E-state index contributed by atoms with van der Waals surface area (Å²) < 4.78 is 7.62. The molecule has 0 aliphatic heterocycles. The molecule has 2 N–H and O–H groups in total. The Morgan fingerprint density at radius 2 is 1.73 bits per heavy atom. The van der Waals surface area contributed by atoms with Gasteiger partial charge in [-0.05, 0) is 48.5 Å². The number of anilines is 1. The quantitative estimate of drug-likeness (QED) is 0.526. The second-order valence-corrected chi connectivity index (χ2v) is 7.04. The number of benzene rings is 2. The summed E-state index contributed by atoms with van der Waals surface area (Å²) in [6.45, 7) is 0. The van der Waals surface area contributed by atoms with E-state index in [0.717, 1.165) is 4.57 Å². The van der Waals surface area contributed by atoms with Crippen LogP contribution in [-0.2, 0) is 7.05 Å². The lowest BCUT2D eigenvalue weighted by Gasteiger charge is -2.07. The molecule has 152 valence electrons. The Morgan fingerprint density at radius 1 is 1.07 bits per heavy atom. The van der Waals surface area contributed by atoms with Gasteiger partial charge in [0.15, 0.2) is 0 Å². The molecule has 0 saturated carbocycles. The first-order valence-corrected chi connectivity index (χ1v) is 9.32. The number of carbonyl (C=O) groups is 1. The predicted molar refractivity (Wildman–Crippen MR) is 115 cm³/mol. The zero-order chi connectivity index (χ0) is 21.4. The Hall–Kier alpha value is -3.78. The first-order chi connectivity index (χ1) is 14.4. The van der Waals surface area contributed by atoms with Crippen molar-refractivity contribution in [2.45, 2.75) is 0 Å². The van der Waals surface area contributed by atoms with E-state index in [1.165, 1.54) is 10.8 Å². The van der Waals surface area contributed by atoms with Crippen molar-refractivity contribution in [1.29, 1.82) is 0 Å². The highest BCUT2D eigenvalue weighted by Gasteiger charge is 2.20. The van der Waals surface area contributed by atoms with Gasteiger partial charge in [-0.1, -0.05) is 11.6 Å². The van der Waals surface area contributed by atoms with Crippen LogP contribution in [0.5, 0.6) is 5.75 Å². The number of rotatable bonds is 4. The summed E-state index contributed by atoms with van der Waals surface area (Å²) in [7, 11) is 3.19. The monoisotopic (exact) mass is 424 g/mol. The van der Waals surface area contributed by atoms with Gasteiger partial charge >= 0.3 is 5.69 Å². The van der Waals surface area contributed by atoms with Gasteiger partial charge in [0, 0.05) is 24.0 Å². The Balaban J connectivity index is 1.79. The van der Waals surface area contributed by atoms with Crippen molar-refractivity contribution in [3.63, 3.8) is 0 Å². The molecule has 30 heavy (non-hydrogen) atoms. The minimum Gasteiger partial charge on any atom is -0.497 e. The van der Waals surface area contributed by atoms with Crippen LogP contribution >= 0.6 is 11.6 Å². The van der Waals surface area contributed by atoms with Crippen molar-refractivity contribution in [2.75, 3.05) is 12.4 Å². The third-order valence-corrected chi connectivity index (χ3v) is 4.95. The lowest BCUT2D eigenvalue weighted by Crippen LogP contribution is -2.34. The molecule has 0 spiro atoms. The molecular weight excluding hydrogens is 408 g/mol. The van der Waals surface area contributed by atoms with Crippen LogP contribution in [0.2, 0.25) is 5.02 Å². The van der Waals surface area contributed by atoms with Crippen molar-refractivity contribution < 1.29 is 9.53 Å². The van der Waals surface area contributed by atoms with Crippen LogP contribution in [0.3, 0.4) is 0 Å². The van der Waals surface area contributed by atoms with Crippen molar-refractivity contribution >= 4 is 34.2 Å². The SMILES string of the molecule is COc1ccc(NC(=O)c2cn(C)c3c(=O)n(-c4ccc(Cl)cc4)c(=O)[nH]c23)cc1. The van der Waals surface area contributed by atoms with Crippen LogP contribution in [0.15, 0.2) is 64.3 Å². The van der Waals surface area contributed by atoms with Crippen LogP contribution in [0, 0.1) is 0 Å². The van der Waals surface area contributed by atoms with Gasteiger partial charge in [-0.15, -0.1) is 0 Å². The fourth-order valence-electron chi connectivity index (χ4n) is 3.24. The van der Waals surface area contributed by atoms with Gasteiger partial charge in [0.05, 0.1) is 23.9 Å². The number of hydrogen-bond acceptors (Lipinski definition) is 4. The standard InChI is InChI=1S/C21H17ClN4O4/c1-25-11-16(19(27)23-13-5-9-15(30-2)10-6-13)17-18(25)20(28)26(21(29)24-17)14-7-3-12(22)4-8-14/h3-11H,1-2H3,(H,23,27)(H,24,29). The number of halogens is 1. The minimum absolute atomic E-state index is 0.170. The molecule has 0 saturated heterocycles. The smallest absolute Gasteiger partial charge is 0.333 e. The number of aromatic amines is 1.